The lowest BCUT2D eigenvalue weighted by Gasteiger charge is -2.12. The molecule has 3 aromatic heterocycles. The highest BCUT2D eigenvalue weighted by molar-refractivity contribution is 6.11. The average molecular weight is 637 g/mol. The normalized spacial score (nSPS) is 13.3. The van der Waals surface area contributed by atoms with E-state index in [1.807, 2.05) is 68.6 Å². The van der Waals surface area contributed by atoms with Gasteiger partial charge in [-0.25, -0.2) is 0 Å². The third kappa shape index (κ3) is 6.29. The summed E-state index contributed by atoms with van der Waals surface area (Å²) in [4.78, 5) is 4.85. The van der Waals surface area contributed by atoms with E-state index in [-0.39, 0.29) is 0 Å². The third-order valence-electron chi connectivity index (χ3n) is 8.93. The highest BCUT2D eigenvalue weighted by Crippen LogP contribution is 2.37. The second-order valence-corrected chi connectivity index (χ2v) is 12.0. The molecule has 0 fully saturated rings. The van der Waals surface area contributed by atoms with Crippen molar-refractivity contribution >= 4 is 55.1 Å². The van der Waals surface area contributed by atoms with Crippen LogP contribution in [0.2, 0.25) is 0 Å². The quantitative estimate of drug-likeness (QED) is 0.152. The SMILES string of the molecule is C/C=C\C=C/C/C=C(\C=C(/N)c1ccccc1)n1c2cc(-c3ccc4c(c3)c3ccccc3n4C/C=C\C=C/C)ccc2c2ncccc21. The number of allylic oxidation sites excluding steroid dienone is 11. The number of pyridine rings is 1. The smallest absolute Gasteiger partial charge is 0.0963 e. The molecule has 0 atom stereocenters. The van der Waals surface area contributed by atoms with E-state index >= 15 is 0 Å². The van der Waals surface area contributed by atoms with E-state index in [0.717, 1.165) is 51.7 Å². The molecule has 4 aromatic carbocycles. The molecule has 0 amide bonds. The van der Waals surface area contributed by atoms with Crippen molar-refractivity contribution in [2.24, 2.45) is 5.73 Å². The average Bonchev–Trinajstić information content (AvgIpc) is 3.65. The molecule has 49 heavy (non-hydrogen) atoms. The Kier molecular flexibility index (Phi) is 9.20. The molecule has 3 heterocycles. The summed E-state index contributed by atoms with van der Waals surface area (Å²) in [7, 11) is 0. The summed E-state index contributed by atoms with van der Waals surface area (Å²) >= 11 is 0. The van der Waals surface area contributed by atoms with Gasteiger partial charge < -0.3 is 14.9 Å². The van der Waals surface area contributed by atoms with E-state index in [9.17, 15) is 0 Å². The van der Waals surface area contributed by atoms with Gasteiger partial charge in [0.25, 0.3) is 0 Å². The number of fused-ring (bicyclic) bond motifs is 6. The Balaban J connectivity index is 1.40. The lowest BCUT2D eigenvalue weighted by atomic mass is 10.0. The van der Waals surface area contributed by atoms with Crippen molar-refractivity contribution in [1.82, 2.24) is 14.1 Å². The third-order valence-corrected chi connectivity index (χ3v) is 8.93. The molecule has 0 aliphatic carbocycles. The first kappa shape index (κ1) is 31.5. The van der Waals surface area contributed by atoms with E-state index in [4.69, 9.17) is 10.7 Å². The van der Waals surface area contributed by atoms with Gasteiger partial charge in [-0.3, -0.25) is 4.98 Å². The molecule has 0 unspecified atom stereocenters. The highest BCUT2D eigenvalue weighted by atomic mass is 15.0. The fourth-order valence-corrected chi connectivity index (χ4v) is 6.62. The molecule has 0 aliphatic rings. The first-order chi connectivity index (χ1) is 24.2. The summed E-state index contributed by atoms with van der Waals surface area (Å²) in [6, 6.07) is 36.6. The van der Waals surface area contributed by atoms with E-state index in [1.165, 1.54) is 27.4 Å². The highest BCUT2D eigenvalue weighted by Gasteiger charge is 2.16. The van der Waals surface area contributed by atoms with Crippen LogP contribution in [0.4, 0.5) is 0 Å². The Hall–Kier alpha value is -6.13. The number of hydrogen-bond acceptors (Lipinski definition) is 2. The van der Waals surface area contributed by atoms with Gasteiger partial charge >= 0.3 is 0 Å². The van der Waals surface area contributed by atoms with Gasteiger partial charge in [-0.1, -0.05) is 115 Å². The zero-order valence-corrected chi connectivity index (χ0v) is 28.0. The summed E-state index contributed by atoms with van der Waals surface area (Å²) in [5, 5.41) is 3.62. The molecule has 7 aromatic rings. The lowest BCUT2D eigenvalue weighted by molar-refractivity contribution is 0.899. The predicted octanol–water partition coefficient (Wildman–Crippen LogP) is 11.5. The topological polar surface area (TPSA) is 48.8 Å². The summed E-state index contributed by atoms with van der Waals surface area (Å²) in [6.07, 6.45) is 23.7. The molecule has 0 bridgehead atoms. The number of para-hydroxylation sites is 1. The van der Waals surface area contributed by atoms with Gasteiger partial charge in [0.15, 0.2) is 0 Å². The van der Waals surface area contributed by atoms with Gasteiger partial charge in [0.05, 0.1) is 16.6 Å². The summed E-state index contributed by atoms with van der Waals surface area (Å²) in [5.74, 6) is 0. The number of hydrogen-bond donors (Lipinski definition) is 1. The van der Waals surface area contributed by atoms with Crippen LogP contribution in [0.25, 0.3) is 66.3 Å². The second-order valence-electron chi connectivity index (χ2n) is 12.0. The first-order valence-electron chi connectivity index (χ1n) is 16.9. The molecule has 0 spiro atoms. The predicted molar refractivity (Wildman–Crippen MR) is 211 cm³/mol. The Morgan fingerprint density at radius 3 is 2.20 bits per heavy atom. The first-order valence-corrected chi connectivity index (χ1v) is 16.9. The Morgan fingerprint density at radius 1 is 0.653 bits per heavy atom. The lowest BCUT2D eigenvalue weighted by Crippen LogP contribution is -2.01. The van der Waals surface area contributed by atoms with Crippen LogP contribution in [0, 0.1) is 0 Å². The van der Waals surface area contributed by atoms with Crippen molar-refractivity contribution in [2.75, 3.05) is 0 Å². The van der Waals surface area contributed by atoms with Crippen LogP contribution in [-0.4, -0.2) is 14.1 Å². The van der Waals surface area contributed by atoms with Gasteiger partial charge in [0, 0.05) is 51.3 Å². The number of benzene rings is 4. The van der Waals surface area contributed by atoms with E-state index in [1.54, 1.807) is 0 Å². The molecular formula is C45H40N4. The fraction of sp³-hybridized carbons (Fsp3) is 0.0889. The van der Waals surface area contributed by atoms with Crippen molar-refractivity contribution in [3.63, 3.8) is 0 Å². The van der Waals surface area contributed by atoms with Crippen LogP contribution >= 0.6 is 0 Å². The van der Waals surface area contributed by atoms with Gasteiger partial charge in [0.1, 0.15) is 0 Å². The van der Waals surface area contributed by atoms with E-state index in [0.29, 0.717) is 5.70 Å². The maximum Gasteiger partial charge on any atom is 0.0963 e. The monoisotopic (exact) mass is 636 g/mol. The summed E-state index contributed by atoms with van der Waals surface area (Å²) in [6.45, 7) is 4.88. The molecule has 4 heteroatoms. The second kappa shape index (κ2) is 14.3. The van der Waals surface area contributed by atoms with Crippen molar-refractivity contribution in [1.29, 1.82) is 0 Å². The van der Waals surface area contributed by atoms with Gasteiger partial charge in [-0.15, -0.1) is 0 Å². The van der Waals surface area contributed by atoms with Gasteiger partial charge in [0.2, 0.25) is 0 Å². The van der Waals surface area contributed by atoms with E-state index < -0.39 is 0 Å². The molecule has 4 nitrogen and oxygen atoms in total. The van der Waals surface area contributed by atoms with E-state index in [2.05, 4.69) is 124 Å². The maximum absolute atomic E-state index is 6.76. The van der Waals surface area contributed by atoms with Crippen LogP contribution in [0.5, 0.6) is 0 Å². The van der Waals surface area contributed by atoms with Crippen molar-refractivity contribution in [3.8, 4) is 11.1 Å². The number of aromatic nitrogens is 3. The molecule has 0 radical (unpaired) electrons. The number of nitrogens with zero attached hydrogens (tertiary/aromatic N) is 3. The zero-order valence-electron chi connectivity index (χ0n) is 28.0. The molecule has 0 saturated heterocycles. The Labute approximate surface area is 287 Å². The summed E-state index contributed by atoms with van der Waals surface area (Å²) in [5.41, 5.74) is 17.3. The van der Waals surface area contributed by atoms with Crippen molar-refractivity contribution in [2.45, 2.75) is 26.8 Å². The van der Waals surface area contributed by atoms with Crippen molar-refractivity contribution < 1.29 is 0 Å². The van der Waals surface area contributed by atoms with Crippen LogP contribution in [0.1, 0.15) is 25.8 Å². The largest absolute Gasteiger partial charge is 0.398 e. The minimum atomic E-state index is 0.710. The molecular weight excluding hydrogens is 597 g/mol. The maximum atomic E-state index is 6.76. The molecule has 2 N–H and O–H groups in total. The van der Waals surface area contributed by atoms with Gasteiger partial charge in [-0.05, 0) is 85.5 Å². The molecule has 0 aliphatic heterocycles. The molecule has 240 valence electrons. The zero-order chi connectivity index (χ0) is 33.6. The Bertz CT molecular complexity index is 2460. The standard InChI is InChI=1S/C45H40N4/c1-3-5-7-9-13-20-36(32-40(46)33-18-11-10-12-19-33)49-43-23-17-28-47-45(43)38-26-24-35(31-44(38)49)34-25-27-42-39(30-34)37-21-14-15-22-41(37)48(42)29-16-8-6-4-2/h3-12,14-28,30-32H,13,29,46H2,1-2H3/b5-3-,6-4-,9-7-,16-8-,36-20+,40-32-. The van der Waals surface area contributed by atoms with Gasteiger partial charge in [-0.2, -0.15) is 0 Å². The molecule has 7 rings (SSSR count). The number of rotatable bonds is 10. The number of nitrogens with two attached hydrogens (primary N) is 1. The van der Waals surface area contributed by atoms with Crippen LogP contribution in [0.3, 0.4) is 0 Å². The minimum Gasteiger partial charge on any atom is -0.398 e. The van der Waals surface area contributed by atoms with Crippen LogP contribution in [0.15, 0.2) is 170 Å². The molecule has 0 saturated carbocycles. The minimum absolute atomic E-state index is 0.710. The van der Waals surface area contributed by atoms with Crippen LogP contribution in [-0.2, 0) is 6.54 Å². The Morgan fingerprint density at radius 2 is 1.37 bits per heavy atom. The van der Waals surface area contributed by atoms with Crippen LogP contribution < -0.4 is 5.73 Å². The van der Waals surface area contributed by atoms with Crippen molar-refractivity contribution in [3.05, 3.63) is 176 Å². The fourth-order valence-electron chi connectivity index (χ4n) is 6.62. The summed E-state index contributed by atoms with van der Waals surface area (Å²) < 4.78 is 4.70.